The van der Waals surface area contributed by atoms with Crippen LogP contribution >= 0.6 is 11.6 Å². The fourth-order valence-electron chi connectivity index (χ4n) is 5.38. The summed E-state index contributed by atoms with van der Waals surface area (Å²) in [4.78, 5) is 36.3. The third-order valence-electron chi connectivity index (χ3n) is 7.28. The number of nitrogens with zero attached hydrogens (tertiary/aromatic N) is 3. The van der Waals surface area contributed by atoms with Crippen molar-refractivity contribution in [2.24, 2.45) is 0 Å². The molecule has 3 heterocycles. The summed E-state index contributed by atoms with van der Waals surface area (Å²) in [5.41, 5.74) is 2.46. The van der Waals surface area contributed by atoms with Crippen LogP contribution in [-0.4, -0.2) is 68.9 Å². The molecule has 2 aliphatic heterocycles. The fourth-order valence-corrected chi connectivity index (χ4v) is 5.55. The monoisotopic (exact) mass is 480 g/mol. The highest BCUT2D eigenvalue weighted by molar-refractivity contribution is 6.31. The SMILES string of the molecule is CCN(C)CCCN1C(=O)N2[C@H](c3cccc(O)c3)c3[nH]c4ccc(Cl)cc4c3C[C@@]2(C)C1=O. The van der Waals surface area contributed by atoms with Crippen LogP contribution in [0, 0.1) is 0 Å². The van der Waals surface area contributed by atoms with E-state index in [2.05, 4.69) is 16.8 Å². The van der Waals surface area contributed by atoms with E-state index in [-0.39, 0.29) is 17.7 Å². The lowest BCUT2D eigenvalue weighted by Gasteiger charge is -2.42. The average Bonchev–Trinajstić information content (AvgIpc) is 3.24. The summed E-state index contributed by atoms with van der Waals surface area (Å²) in [5.74, 6) is -0.0632. The van der Waals surface area contributed by atoms with Gasteiger partial charge in [0.15, 0.2) is 0 Å². The summed E-state index contributed by atoms with van der Waals surface area (Å²) >= 11 is 6.32. The zero-order chi connectivity index (χ0) is 24.2. The van der Waals surface area contributed by atoms with Crippen LogP contribution in [0.5, 0.6) is 5.75 Å². The highest BCUT2D eigenvalue weighted by Crippen LogP contribution is 2.49. The van der Waals surface area contributed by atoms with Crippen molar-refractivity contribution < 1.29 is 14.7 Å². The third-order valence-corrected chi connectivity index (χ3v) is 7.51. The zero-order valence-electron chi connectivity index (χ0n) is 19.6. The molecule has 1 fully saturated rings. The Labute approximate surface area is 203 Å². The fraction of sp³-hybridized carbons (Fsp3) is 0.385. The molecule has 1 aromatic heterocycles. The largest absolute Gasteiger partial charge is 0.508 e. The van der Waals surface area contributed by atoms with Crippen LogP contribution in [0.1, 0.15) is 43.1 Å². The molecule has 178 valence electrons. The second kappa shape index (κ2) is 8.32. The number of H-pyrrole nitrogens is 1. The smallest absolute Gasteiger partial charge is 0.328 e. The highest BCUT2D eigenvalue weighted by Gasteiger charge is 2.60. The van der Waals surface area contributed by atoms with Crippen molar-refractivity contribution in [3.63, 3.8) is 0 Å². The minimum absolute atomic E-state index is 0.114. The lowest BCUT2D eigenvalue weighted by atomic mass is 9.81. The maximum Gasteiger partial charge on any atom is 0.328 e. The van der Waals surface area contributed by atoms with E-state index in [0.29, 0.717) is 24.4 Å². The first-order valence-corrected chi connectivity index (χ1v) is 12.0. The van der Waals surface area contributed by atoms with Crippen LogP contribution < -0.4 is 0 Å². The molecule has 2 N–H and O–H groups in total. The minimum Gasteiger partial charge on any atom is -0.508 e. The van der Waals surface area contributed by atoms with Crippen LogP contribution in [0.4, 0.5) is 4.79 Å². The number of halogens is 1. The topological polar surface area (TPSA) is 79.9 Å². The third kappa shape index (κ3) is 3.46. The number of imide groups is 1. The number of aromatic nitrogens is 1. The zero-order valence-corrected chi connectivity index (χ0v) is 20.4. The maximum atomic E-state index is 13.8. The molecule has 0 unspecified atom stereocenters. The lowest BCUT2D eigenvalue weighted by Crippen LogP contribution is -2.53. The minimum atomic E-state index is -1.03. The molecule has 0 aliphatic carbocycles. The Bertz CT molecular complexity index is 1290. The van der Waals surface area contributed by atoms with Gasteiger partial charge in [-0.05, 0) is 74.9 Å². The molecule has 1 saturated heterocycles. The Kier molecular flexibility index (Phi) is 5.57. The number of fused-ring (bicyclic) bond motifs is 4. The number of phenolic OH excluding ortho intramolecular Hbond substituents is 1. The van der Waals surface area contributed by atoms with Crippen LogP contribution in [0.25, 0.3) is 10.9 Å². The molecule has 0 saturated carbocycles. The van der Waals surface area contributed by atoms with Crippen molar-refractivity contribution in [1.29, 1.82) is 0 Å². The van der Waals surface area contributed by atoms with Crippen molar-refractivity contribution in [3.05, 3.63) is 64.3 Å². The van der Waals surface area contributed by atoms with Crippen LogP contribution in [0.3, 0.4) is 0 Å². The Morgan fingerprint density at radius 1 is 1.24 bits per heavy atom. The summed E-state index contributed by atoms with van der Waals surface area (Å²) < 4.78 is 0. The molecule has 2 aromatic carbocycles. The summed E-state index contributed by atoms with van der Waals surface area (Å²) in [6, 6.07) is 11.7. The van der Waals surface area contributed by atoms with Gasteiger partial charge in [-0.25, -0.2) is 4.79 Å². The molecular formula is C26H29ClN4O3. The molecule has 2 atom stereocenters. The van der Waals surface area contributed by atoms with Gasteiger partial charge in [0.2, 0.25) is 0 Å². The molecule has 2 aliphatic rings. The molecule has 34 heavy (non-hydrogen) atoms. The number of hydrogen-bond acceptors (Lipinski definition) is 4. The highest BCUT2D eigenvalue weighted by atomic mass is 35.5. The molecule has 3 aromatic rings. The van der Waals surface area contributed by atoms with Gasteiger partial charge in [-0.3, -0.25) is 14.6 Å². The van der Waals surface area contributed by atoms with E-state index < -0.39 is 11.6 Å². The van der Waals surface area contributed by atoms with E-state index in [1.807, 2.05) is 38.2 Å². The Morgan fingerprint density at radius 3 is 2.76 bits per heavy atom. The number of amides is 3. The van der Waals surface area contributed by atoms with Crippen LogP contribution in [0.2, 0.25) is 5.02 Å². The van der Waals surface area contributed by atoms with Gasteiger partial charge in [-0.15, -0.1) is 0 Å². The van der Waals surface area contributed by atoms with Gasteiger partial charge in [0.05, 0.1) is 0 Å². The number of aromatic amines is 1. The predicted octanol–water partition coefficient (Wildman–Crippen LogP) is 4.54. The molecule has 0 spiro atoms. The van der Waals surface area contributed by atoms with E-state index in [1.165, 1.54) is 4.90 Å². The van der Waals surface area contributed by atoms with Crippen molar-refractivity contribution in [2.45, 2.75) is 38.3 Å². The molecule has 7 nitrogen and oxygen atoms in total. The van der Waals surface area contributed by atoms with E-state index in [0.717, 1.165) is 40.8 Å². The number of urea groups is 1. The number of aromatic hydroxyl groups is 1. The number of phenols is 1. The first-order chi connectivity index (χ1) is 16.2. The van der Waals surface area contributed by atoms with Gasteiger partial charge >= 0.3 is 6.03 Å². The predicted molar refractivity (Wildman–Crippen MR) is 132 cm³/mol. The quantitative estimate of drug-likeness (QED) is 0.508. The van der Waals surface area contributed by atoms with E-state index in [1.54, 1.807) is 23.1 Å². The first-order valence-electron chi connectivity index (χ1n) is 11.7. The average molecular weight is 481 g/mol. The van der Waals surface area contributed by atoms with E-state index in [4.69, 9.17) is 11.6 Å². The molecular weight excluding hydrogens is 452 g/mol. The summed E-state index contributed by atoms with van der Waals surface area (Å²) in [6.45, 7) is 6.03. The number of rotatable bonds is 6. The van der Waals surface area contributed by atoms with Crippen molar-refractivity contribution in [1.82, 2.24) is 19.7 Å². The summed E-state index contributed by atoms with van der Waals surface area (Å²) in [6.07, 6.45) is 1.11. The number of carbonyl (C=O) groups excluding carboxylic acids is 2. The molecule has 8 heteroatoms. The van der Waals surface area contributed by atoms with Gasteiger partial charge < -0.3 is 15.0 Å². The number of benzene rings is 2. The van der Waals surface area contributed by atoms with Crippen molar-refractivity contribution >= 4 is 34.4 Å². The van der Waals surface area contributed by atoms with Crippen molar-refractivity contribution in [2.75, 3.05) is 26.7 Å². The molecule has 5 rings (SSSR count). The molecule has 3 amide bonds. The Hall–Kier alpha value is -3.03. The number of nitrogens with one attached hydrogen (secondary N) is 1. The standard InChI is InChI=1S/C26H29ClN4O3/c1-4-29(3)11-6-12-30-24(33)26(2)15-20-19-14-17(27)9-10-21(19)28-22(20)23(31(26)25(30)34)16-7-5-8-18(32)13-16/h5,7-10,13-14,23,28,32H,4,6,11-12,15H2,1-3H3/t23-,26+/m1/s1. The Balaban J connectivity index is 1.63. The van der Waals surface area contributed by atoms with Gasteiger partial charge in [0.25, 0.3) is 5.91 Å². The van der Waals surface area contributed by atoms with Crippen LogP contribution in [-0.2, 0) is 11.2 Å². The Morgan fingerprint density at radius 2 is 2.03 bits per heavy atom. The lowest BCUT2D eigenvalue weighted by molar-refractivity contribution is -0.133. The maximum absolute atomic E-state index is 13.8. The van der Waals surface area contributed by atoms with Crippen LogP contribution in [0.15, 0.2) is 42.5 Å². The summed E-state index contributed by atoms with van der Waals surface area (Å²) in [5, 5.41) is 11.8. The number of hydrogen-bond donors (Lipinski definition) is 2. The van der Waals surface area contributed by atoms with E-state index in [9.17, 15) is 14.7 Å². The molecule has 0 radical (unpaired) electrons. The number of carbonyl (C=O) groups is 2. The summed E-state index contributed by atoms with van der Waals surface area (Å²) in [7, 11) is 2.03. The van der Waals surface area contributed by atoms with E-state index >= 15 is 0 Å². The van der Waals surface area contributed by atoms with Gasteiger partial charge in [-0.1, -0.05) is 30.7 Å². The second-order valence-electron chi connectivity index (χ2n) is 9.51. The normalized spacial score (nSPS) is 22.1. The molecule has 0 bridgehead atoms. The second-order valence-corrected chi connectivity index (χ2v) is 9.95. The first kappa shape index (κ1) is 22.7. The van der Waals surface area contributed by atoms with Gasteiger partial charge in [0.1, 0.15) is 17.3 Å². The van der Waals surface area contributed by atoms with Crippen molar-refractivity contribution in [3.8, 4) is 5.75 Å². The van der Waals surface area contributed by atoms with Gasteiger partial charge in [0, 0.05) is 34.6 Å². The van der Waals surface area contributed by atoms with Gasteiger partial charge in [-0.2, -0.15) is 0 Å².